The number of ether oxygens (including phenoxy) is 1. The van der Waals surface area contributed by atoms with Crippen LogP contribution in [0.15, 0.2) is 76.8 Å². The monoisotopic (exact) mass is 781 g/mol. The molecule has 3 atom stereocenters. The van der Waals surface area contributed by atoms with Gasteiger partial charge in [0.2, 0.25) is 5.91 Å². The first-order chi connectivity index (χ1) is 24.5. The lowest BCUT2D eigenvalue weighted by atomic mass is 9.82. The summed E-state index contributed by atoms with van der Waals surface area (Å²) in [4.78, 5) is 42.6. The van der Waals surface area contributed by atoms with Gasteiger partial charge in [0.1, 0.15) is 11.6 Å². The lowest BCUT2D eigenvalue weighted by Gasteiger charge is -2.45. The molecule has 0 aromatic heterocycles. The van der Waals surface area contributed by atoms with Crippen LogP contribution in [0.4, 0.5) is 4.39 Å². The molecule has 2 bridgehead atoms. The van der Waals surface area contributed by atoms with Crippen LogP contribution in [0, 0.1) is 5.82 Å². The maximum atomic E-state index is 14.7. The third-order valence-corrected chi connectivity index (χ3v) is 10.7. The van der Waals surface area contributed by atoms with Crippen molar-refractivity contribution < 1.29 is 33.7 Å². The quantitative estimate of drug-likeness (QED) is 0.161. The zero-order valence-corrected chi connectivity index (χ0v) is 30.5. The predicted molar refractivity (Wildman–Crippen MR) is 196 cm³/mol. The van der Waals surface area contributed by atoms with Gasteiger partial charge in [-0.25, -0.2) is 4.39 Å². The fourth-order valence-electron chi connectivity index (χ4n) is 7.03. The molecule has 3 N–H and O–H groups in total. The summed E-state index contributed by atoms with van der Waals surface area (Å²) in [6.45, 7) is 1.56. The minimum absolute atomic E-state index is 0.0551. The second kappa shape index (κ2) is 16.7. The second-order valence-electron chi connectivity index (χ2n) is 13.6. The Labute approximate surface area is 310 Å². The maximum Gasteiger partial charge on any atom is 0.305 e. The Kier molecular flexibility index (Phi) is 12.1. The minimum Gasteiger partial charge on any atom is -0.492 e. The van der Waals surface area contributed by atoms with Gasteiger partial charge in [-0.15, -0.1) is 0 Å². The summed E-state index contributed by atoms with van der Waals surface area (Å²) in [6.07, 6.45) is 2.42. The molecular weight excluding hydrogens is 741 g/mol. The molecule has 2 amide bonds. The number of aliphatic hydroxyl groups excluding tert-OH is 1. The number of carbonyl (C=O) groups is 3. The molecular formula is C39H42BrClFN3O6. The average molecular weight is 783 g/mol. The Morgan fingerprint density at radius 3 is 2.53 bits per heavy atom. The largest absolute Gasteiger partial charge is 0.492 e. The Morgan fingerprint density at radius 1 is 1.04 bits per heavy atom. The van der Waals surface area contributed by atoms with Crippen molar-refractivity contribution in [1.29, 1.82) is 0 Å². The van der Waals surface area contributed by atoms with Gasteiger partial charge in [0.05, 0.1) is 36.1 Å². The third kappa shape index (κ3) is 9.57. The number of benzene rings is 3. The van der Waals surface area contributed by atoms with Crippen LogP contribution in [0.2, 0.25) is 5.02 Å². The highest BCUT2D eigenvalue weighted by Gasteiger charge is 2.43. The first-order valence-corrected chi connectivity index (χ1v) is 18.6. The number of aryl methyl sites for hydroxylation is 1. The van der Waals surface area contributed by atoms with Gasteiger partial charge in [0.15, 0.2) is 0 Å². The van der Waals surface area contributed by atoms with Crippen molar-refractivity contribution in [3.05, 3.63) is 104 Å². The molecule has 2 fully saturated rings. The summed E-state index contributed by atoms with van der Waals surface area (Å²) in [6, 6.07) is 19.8. The van der Waals surface area contributed by atoms with Gasteiger partial charge in [0, 0.05) is 48.4 Å². The van der Waals surface area contributed by atoms with Crippen LogP contribution >= 0.6 is 27.5 Å². The normalized spacial score (nSPS) is 19.1. The van der Waals surface area contributed by atoms with E-state index in [4.69, 9.17) is 21.4 Å². The van der Waals surface area contributed by atoms with Gasteiger partial charge in [0.25, 0.3) is 5.91 Å². The Morgan fingerprint density at radius 2 is 1.80 bits per heavy atom. The lowest BCUT2D eigenvalue weighted by Crippen LogP contribution is -2.62. The number of nitrogens with one attached hydrogen (secondary N) is 1. The van der Waals surface area contributed by atoms with Gasteiger partial charge in [-0.3, -0.25) is 14.4 Å². The van der Waals surface area contributed by atoms with Crippen molar-refractivity contribution in [3.63, 3.8) is 0 Å². The topological polar surface area (TPSA) is 119 Å². The number of carboxylic acids is 1. The van der Waals surface area contributed by atoms with Crippen LogP contribution in [0.1, 0.15) is 55.2 Å². The summed E-state index contributed by atoms with van der Waals surface area (Å²) in [7, 11) is 0. The summed E-state index contributed by atoms with van der Waals surface area (Å²) in [5.74, 6) is -1.43. The molecule has 270 valence electrons. The molecule has 3 aromatic carbocycles. The van der Waals surface area contributed by atoms with E-state index >= 15 is 0 Å². The lowest BCUT2D eigenvalue weighted by molar-refractivity contribution is -0.141. The molecule has 0 radical (unpaired) electrons. The van der Waals surface area contributed by atoms with E-state index in [0.29, 0.717) is 53.4 Å². The number of carboxylic acid groups (broad SMARTS) is 1. The highest BCUT2D eigenvalue weighted by Crippen LogP contribution is 2.37. The number of rotatable bonds is 15. The van der Waals surface area contributed by atoms with Crippen LogP contribution in [-0.2, 0) is 27.2 Å². The van der Waals surface area contributed by atoms with E-state index in [9.17, 15) is 23.9 Å². The first kappa shape index (κ1) is 37.0. The van der Waals surface area contributed by atoms with Gasteiger partial charge in [-0.1, -0.05) is 54.1 Å². The van der Waals surface area contributed by atoms with Crippen LogP contribution < -0.4 is 10.1 Å². The standard InChI is InChI=1S/C39H42BrClFN3O6/c40-32-14-11-27(42)18-35(32)51-17-3-4-24-7-9-25(10-8-24)31-19-28-22-44(36(47)20-30(46)21-37(48)49)23-34(43-28)38(31)39(50)45(29-12-13-29)16-15-26-5-1-2-6-33(26)41/h1-2,5-11,14,18,28-30,34,43,46H,3-4,12-13,15-17,19-23H2,(H,48,49)/t28-,30-,34-/m1/s1. The van der Waals surface area contributed by atoms with E-state index in [2.05, 4.69) is 45.5 Å². The van der Waals surface area contributed by atoms with Gasteiger partial charge < -0.3 is 30.1 Å². The molecule has 1 saturated carbocycles. The highest BCUT2D eigenvalue weighted by molar-refractivity contribution is 9.10. The number of halogens is 3. The number of fused-ring (bicyclic) bond motifs is 2. The molecule has 51 heavy (non-hydrogen) atoms. The minimum atomic E-state index is -1.28. The fourth-order valence-corrected chi connectivity index (χ4v) is 7.62. The second-order valence-corrected chi connectivity index (χ2v) is 14.8. The predicted octanol–water partition coefficient (Wildman–Crippen LogP) is 6.04. The number of aliphatic hydroxyl groups is 1. The zero-order valence-electron chi connectivity index (χ0n) is 28.2. The fraction of sp³-hybridized carbons (Fsp3) is 0.410. The third-order valence-electron chi connectivity index (χ3n) is 9.70. The SMILES string of the molecule is O=C(O)C[C@H](O)CC(=O)N1C[C@H]2CC(c3ccc(CCCOc4cc(F)ccc4Br)cc3)=C(C(=O)N(CCc3ccccc3Cl)C3CC3)[C@@H](C1)N2. The number of aliphatic carboxylic acids is 1. The molecule has 1 saturated heterocycles. The van der Waals surface area contributed by atoms with Gasteiger partial charge in [-0.05, 0) is 94.9 Å². The molecule has 6 rings (SSSR count). The summed E-state index contributed by atoms with van der Waals surface area (Å²) in [5, 5.41) is 23.5. The molecule has 3 aliphatic rings. The number of amides is 2. The number of hydrogen-bond acceptors (Lipinski definition) is 6. The van der Waals surface area contributed by atoms with E-state index in [1.165, 1.54) is 12.1 Å². The van der Waals surface area contributed by atoms with Crippen molar-refractivity contribution >= 4 is 50.9 Å². The van der Waals surface area contributed by atoms with E-state index in [1.807, 2.05) is 29.2 Å². The number of carbonyl (C=O) groups excluding carboxylic acids is 2. The molecule has 12 heteroatoms. The van der Waals surface area contributed by atoms with Gasteiger partial charge in [-0.2, -0.15) is 0 Å². The molecule has 2 aliphatic heterocycles. The Bertz CT molecular complexity index is 1780. The summed E-state index contributed by atoms with van der Waals surface area (Å²) < 4.78 is 20.1. The van der Waals surface area contributed by atoms with E-state index in [1.54, 1.807) is 11.0 Å². The Hall–Kier alpha value is -3.77. The molecule has 9 nitrogen and oxygen atoms in total. The van der Waals surface area contributed by atoms with E-state index in [-0.39, 0.29) is 42.7 Å². The van der Waals surface area contributed by atoms with Gasteiger partial charge >= 0.3 is 5.97 Å². The molecule has 0 unspecified atom stereocenters. The molecule has 1 aliphatic carbocycles. The molecule has 0 spiro atoms. The molecule has 2 heterocycles. The van der Waals surface area contributed by atoms with E-state index < -0.39 is 24.5 Å². The molecule has 3 aromatic rings. The maximum absolute atomic E-state index is 14.7. The Balaban J connectivity index is 1.22. The van der Waals surface area contributed by atoms with Crippen LogP contribution in [0.25, 0.3) is 5.57 Å². The van der Waals surface area contributed by atoms with Crippen molar-refractivity contribution in [2.75, 3.05) is 26.2 Å². The summed E-state index contributed by atoms with van der Waals surface area (Å²) >= 11 is 9.87. The zero-order chi connectivity index (χ0) is 36.1. The van der Waals surface area contributed by atoms with Crippen molar-refractivity contribution in [2.45, 2.75) is 75.6 Å². The van der Waals surface area contributed by atoms with Crippen molar-refractivity contribution in [1.82, 2.24) is 15.1 Å². The van der Waals surface area contributed by atoms with Crippen molar-refractivity contribution in [3.8, 4) is 5.75 Å². The number of nitrogens with zero attached hydrogens (tertiary/aromatic N) is 2. The highest BCUT2D eigenvalue weighted by atomic mass is 79.9. The smallest absolute Gasteiger partial charge is 0.305 e. The van der Waals surface area contributed by atoms with Crippen molar-refractivity contribution in [2.24, 2.45) is 0 Å². The van der Waals surface area contributed by atoms with Crippen LogP contribution in [0.5, 0.6) is 5.75 Å². The number of hydrogen-bond donors (Lipinski definition) is 3. The van der Waals surface area contributed by atoms with Crippen LogP contribution in [-0.4, -0.2) is 88.3 Å². The average Bonchev–Trinajstić information content (AvgIpc) is 3.94. The first-order valence-electron chi connectivity index (χ1n) is 17.4. The van der Waals surface area contributed by atoms with E-state index in [0.717, 1.165) is 47.9 Å². The van der Waals surface area contributed by atoms with Crippen LogP contribution in [0.3, 0.4) is 0 Å². The number of piperazine rings is 1. The summed E-state index contributed by atoms with van der Waals surface area (Å²) in [5.41, 5.74) is 4.65.